The van der Waals surface area contributed by atoms with Crippen LogP contribution < -0.4 is 10.3 Å². The van der Waals surface area contributed by atoms with Gasteiger partial charge in [0.15, 0.2) is 0 Å². The average Bonchev–Trinajstić information content (AvgIpc) is 3.29. The highest BCUT2D eigenvalue weighted by atomic mass is 32.1. The molecule has 1 saturated carbocycles. The van der Waals surface area contributed by atoms with Crippen molar-refractivity contribution in [2.75, 3.05) is 6.61 Å². The molecule has 5 rings (SSSR count). The summed E-state index contributed by atoms with van der Waals surface area (Å²) < 4.78 is 9.33. The Morgan fingerprint density at radius 1 is 1.16 bits per heavy atom. The molecule has 8 heteroatoms. The van der Waals surface area contributed by atoms with Crippen molar-refractivity contribution >= 4 is 22.2 Å². The SMILES string of the molecule is Cc1cnc(CCc2cc(OC[C@H]3C[C@@H]3c3nn(C)c4ccccc34)nn(C)c2=O)s1. The van der Waals surface area contributed by atoms with Crippen LogP contribution in [0.15, 0.2) is 41.3 Å². The molecule has 0 aliphatic heterocycles. The lowest BCUT2D eigenvalue weighted by Crippen LogP contribution is -2.24. The van der Waals surface area contributed by atoms with Gasteiger partial charge < -0.3 is 4.74 Å². The Morgan fingerprint density at radius 2 is 2.00 bits per heavy atom. The van der Waals surface area contributed by atoms with E-state index < -0.39 is 0 Å². The second-order valence-electron chi connectivity index (χ2n) is 8.24. The Morgan fingerprint density at radius 3 is 2.81 bits per heavy atom. The summed E-state index contributed by atoms with van der Waals surface area (Å²) in [7, 11) is 3.66. The van der Waals surface area contributed by atoms with Gasteiger partial charge in [0, 0.05) is 60.4 Å². The molecular weight excluding hydrogens is 410 g/mol. The van der Waals surface area contributed by atoms with Crippen molar-refractivity contribution in [2.45, 2.75) is 32.1 Å². The van der Waals surface area contributed by atoms with E-state index in [9.17, 15) is 4.79 Å². The number of para-hydroxylation sites is 1. The summed E-state index contributed by atoms with van der Waals surface area (Å²) in [6.07, 6.45) is 4.30. The number of fused-ring (bicyclic) bond motifs is 1. The van der Waals surface area contributed by atoms with Gasteiger partial charge in [-0.3, -0.25) is 9.48 Å². The van der Waals surface area contributed by atoms with E-state index in [-0.39, 0.29) is 5.56 Å². The first-order chi connectivity index (χ1) is 15.0. The molecule has 0 amide bonds. The highest BCUT2D eigenvalue weighted by molar-refractivity contribution is 7.11. The third-order valence-electron chi connectivity index (χ3n) is 5.90. The average molecular weight is 436 g/mol. The van der Waals surface area contributed by atoms with Crippen molar-refractivity contribution in [3.05, 3.63) is 68.0 Å². The molecule has 1 aliphatic rings. The summed E-state index contributed by atoms with van der Waals surface area (Å²) in [5.74, 6) is 1.33. The standard InChI is InChI=1S/C23H25N5O2S/c1-14-12-24-21(31-14)9-8-15-11-20(25-28(3)23(15)29)30-13-16-10-18(16)22-17-6-4-5-7-19(17)27(2)26-22/h4-7,11-12,16,18H,8-10,13H2,1-3H3/t16-,18+/m1/s1. The van der Waals surface area contributed by atoms with E-state index in [1.807, 2.05) is 30.9 Å². The molecule has 3 heterocycles. The van der Waals surface area contributed by atoms with Crippen LogP contribution >= 0.6 is 11.3 Å². The molecule has 0 radical (unpaired) electrons. The van der Waals surface area contributed by atoms with Gasteiger partial charge in [-0.25, -0.2) is 9.67 Å². The fourth-order valence-electron chi connectivity index (χ4n) is 4.12. The van der Waals surface area contributed by atoms with E-state index >= 15 is 0 Å². The molecule has 0 unspecified atom stereocenters. The Hall–Kier alpha value is -3.00. The minimum Gasteiger partial charge on any atom is -0.476 e. The van der Waals surface area contributed by atoms with E-state index in [0.29, 0.717) is 36.3 Å². The second kappa shape index (κ2) is 7.92. The third kappa shape index (κ3) is 3.99. The first kappa shape index (κ1) is 19.9. The molecule has 1 fully saturated rings. The largest absolute Gasteiger partial charge is 0.476 e. The summed E-state index contributed by atoms with van der Waals surface area (Å²) in [6, 6.07) is 10.1. The molecule has 0 saturated heterocycles. The maximum Gasteiger partial charge on any atom is 0.269 e. The zero-order valence-corrected chi connectivity index (χ0v) is 18.7. The molecule has 7 nitrogen and oxygen atoms in total. The topological polar surface area (TPSA) is 74.8 Å². The summed E-state index contributed by atoms with van der Waals surface area (Å²) in [5.41, 5.74) is 2.94. The lowest BCUT2D eigenvalue weighted by molar-refractivity contribution is 0.277. The monoisotopic (exact) mass is 435 g/mol. The van der Waals surface area contributed by atoms with Crippen LogP contribution in [-0.2, 0) is 26.9 Å². The molecule has 1 aromatic carbocycles. The third-order valence-corrected chi connectivity index (χ3v) is 6.87. The number of aromatic nitrogens is 5. The van der Waals surface area contributed by atoms with Crippen LogP contribution in [0.5, 0.6) is 5.88 Å². The van der Waals surface area contributed by atoms with E-state index in [1.165, 1.54) is 14.9 Å². The van der Waals surface area contributed by atoms with Gasteiger partial charge in [-0.15, -0.1) is 16.4 Å². The Kier molecular flexibility index (Phi) is 5.09. The molecule has 31 heavy (non-hydrogen) atoms. The Bertz CT molecular complexity index is 1310. The van der Waals surface area contributed by atoms with Crippen LogP contribution in [0.2, 0.25) is 0 Å². The van der Waals surface area contributed by atoms with Gasteiger partial charge in [0.1, 0.15) is 0 Å². The van der Waals surface area contributed by atoms with Crippen LogP contribution in [0.25, 0.3) is 10.9 Å². The fourth-order valence-corrected chi connectivity index (χ4v) is 4.91. The van der Waals surface area contributed by atoms with Crippen molar-refractivity contribution in [3.63, 3.8) is 0 Å². The fraction of sp³-hybridized carbons (Fsp3) is 0.391. The maximum absolute atomic E-state index is 12.5. The quantitative estimate of drug-likeness (QED) is 0.445. The Labute approximate surface area is 184 Å². The molecule has 0 N–H and O–H groups in total. The van der Waals surface area contributed by atoms with E-state index in [1.54, 1.807) is 24.5 Å². The van der Waals surface area contributed by atoms with Crippen molar-refractivity contribution in [2.24, 2.45) is 20.0 Å². The molecule has 160 valence electrons. The van der Waals surface area contributed by atoms with E-state index in [2.05, 4.69) is 28.3 Å². The summed E-state index contributed by atoms with van der Waals surface area (Å²) in [4.78, 5) is 18.0. The molecule has 0 spiro atoms. The number of nitrogens with zero attached hydrogens (tertiary/aromatic N) is 5. The highest BCUT2D eigenvalue weighted by Crippen LogP contribution is 2.48. The molecule has 4 aromatic rings. The summed E-state index contributed by atoms with van der Waals surface area (Å²) in [5, 5.41) is 11.3. The number of rotatable bonds is 7. The van der Waals surface area contributed by atoms with E-state index in [4.69, 9.17) is 9.84 Å². The summed E-state index contributed by atoms with van der Waals surface area (Å²) >= 11 is 1.67. The highest BCUT2D eigenvalue weighted by Gasteiger charge is 2.42. The van der Waals surface area contributed by atoms with Gasteiger partial charge in [0.05, 0.1) is 22.8 Å². The number of thiazole rings is 1. The lowest BCUT2D eigenvalue weighted by atomic mass is 10.1. The van der Waals surface area contributed by atoms with Crippen molar-refractivity contribution < 1.29 is 4.74 Å². The number of hydrogen-bond donors (Lipinski definition) is 0. The lowest BCUT2D eigenvalue weighted by Gasteiger charge is -2.08. The van der Waals surface area contributed by atoms with E-state index in [0.717, 1.165) is 29.1 Å². The number of ether oxygens (including phenoxy) is 1. The predicted molar refractivity (Wildman–Crippen MR) is 121 cm³/mol. The number of hydrogen-bond acceptors (Lipinski definition) is 6. The molecule has 1 aliphatic carbocycles. The smallest absolute Gasteiger partial charge is 0.269 e. The van der Waals surface area contributed by atoms with Gasteiger partial charge in [-0.1, -0.05) is 18.2 Å². The first-order valence-corrected chi connectivity index (χ1v) is 11.3. The van der Waals surface area contributed by atoms with Crippen LogP contribution in [-0.4, -0.2) is 31.2 Å². The summed E-state index contributed by atoms with van der Waals surface area (Å²) in [6.45, 7) is 2.61. The van der Waals surface area contributed by atoms with Gasteiger partial charge in [-0.2, -0.15) is 5.10 Å². The predicted octanol–water partition coefficient (Wildman–Crippen LogP) is 3.40. The zero-order valence-electron chi connectivity index (χ0n) is 17.9. The van der Waals surface area contributed by atoms with Crippen molar-refractivity contribution in [3.8, 4) is 5.88 Å². The van der Waals surface area contributed by atoms with Gasteiger partial charge in [-0.05, 0) is 25.8 Å². The van der Waals surface area contributed by atoms with Crippen LogP contribution in [0.1, 0.15) is 33.5 Å². The van der Waals surface area contributed by atoms with Crippen molar-refractivity contribution in [1.82, 2.24) is 24.5 Å². The molecule has 0 bridgehead atoms. The number of aryl methyl sites for hydroxylation is 5. The normalized spacial score (nSPS) is 17.9. The minimum atomic E-state index is -0.0788. The molecule has 3 aromatic heterocycles. The van der Waals surface area contributed by atoms with Gasteiger partial charge >= 0.3 is 0 Å². The molecule has 2 atom stereocenters. The Balaban J connectivity index is 1.25. The van der Waals surface area contributed by atoms with Gasteiger partial charge in [0.2, 0.25) is 5.88 Å². The van der Waals surface area contributed by atoms with Gasteiger partial charge in [0.25, 0.3) is 5.56 Å². The van der Waals surface area contributed by atoms with Crippen LogP contribution in [0.4, 0.5) is 0 Å². The number of benzene rings is 1. The minimum absolute atomic E-state index is 0.0788. The van der Waals surface area contributed by atoms with Crippen LogP contribution in [0.3, 0.4) is 0 Å². The molecular formula is C23H25N5O2S. The maximum atomic E-state index is 12.5. The zero-order chi connectivity index (χ0) is 21.5. The first-order valence-electron chi connectivity index (χ1n) is 10.5. The van der Waals surface area contributed by atoms with Crippen LogP contribution in [0, 0.1) is 12.8 Å². The second-order valence-corrected chi connectivity index (χ2v) is 9.56. The van der Waals surface area contributed by atoms with Crippen molar-refractivity contribution in [1.29, 1.82) is 0 Å².